The van der Waals surface area contributed by atoms with Crippen molar-refractivity contribution in [1.82, 2.24) is 0 Å². The highest BCUT2D eigenvalue weighted by molar-refractivity contribution is 6.10. The van der Waals surface area contributed by atoms with Gasteiger partial charge in [0.2, 0.25) is 0 Å². The Morgan fingerprint density at radius 2 is 1.12 bits per heavy atom. The van der Waals surface area contributed by atoms with Gasteiger partial charge in [-0.05, 0) is 90.3 Å². The molecule has 1 N–H and O–H groups in total. The number of para-hydroxylation sites is 2. The molecule has 192 valence electrons. The van der Waals surface area contributed by atoms with Crippen molar-refractivity contribution in [3.8, 4) is 11.1 Å². The largest absolute Gasteiger partial charge is 0.456 e. The third-order valence-electron chi connectivity index (χ3n) is 7.42. The first-order valence-corrected chi connectivity index (χ1v) is 13.5. The molecule has 0 unspecified atom stereocenters. The van der Waals surface area contributed by atoms with E-state index in [9.17, 15) is 0 Å². The summed E-state index contributed by atoms with van der Waals surface area (Å²) in [6, 6.07) is 50.7. The molecule has 0 atom stereocenters. The molecule has 7 aromatic rings. The van der Waals surface area contributed by atoms with Gasteiger partial charge in [-0.15, -0.1) is 0 Å². The summed E-state index contributed by atoms with van der Waals surface area (Å²) in [5.41, 5.74) is 10.8. The van der Waals surface area contributed by atoms with Gasteiger partial charge in [-0.25, -0.2) is 0 Å². The molecule has 3 nitrogen and oxygen atoms in total. The molecule has 0 saturated heterocycles. The van der Waals surface area contributed by atoms with Crippen molar-refractivity contribution in [1.29, 1.82) is 0 Å². The molecule has 0 fully saturated rings. The molecule has 0 aliphatic carbocycles. The van der Waals surface area contributed by atoms with Gasteiger partial charge >= 0.3 is 0 Å². The third-order valence-corrected chi connectivity index (χ3v) is 7.42. The van der Waals surface area contributed by atoms with E-state index in [1.54, 1.807) is 0 Å². The summed E-state index contributed by atoms with van der Waals surface area (Å²) in [4.78, 5) is 2.33. The highest BCUT2D eigenvalue weighted by Gasteiger charge is 2.19. The van der Waals surface area contributed by atoms with Gasteiger partial charge in [-0.3, -0.25) is 0 Å². The van der Waals surface area contributed by atoms with Crippen LogP contribution in [0.25, 0.3) is 33.1 Å². The van der Waals surface area contributed by atoms with Crippen LogP contribution in [0.15, 0.2) is 150 Å². The number of furan rings is 1. The predicted octanol–water partition coefficient (Wildman–Crippen LogP) is 10.8. The Labute approximate surface area is 233 Å². The number of anilines is 5. The van der Waals surface area contributed by atoms with Gasteiger partial charge in [0.05, 0.1) is 0 Å². The number of hydrogen-bond acceptors (Lipinski definition) is 3. The van der Waals surface area contributed by atoms with Crippen LogP contribution < -0.4 is 10.2 Å². The van der Waals surface area contributed by atoms with Crippen LogP contribution in [0.3, 0.4) is 0 Å². The smallest absolute Gasteiger partial charge is 0.135 e. The molecule has 6 aromatic carbocycles. The average Bonchev–Trinajstić information content (AvgIpc) is 3.39. The Morgan fingerprint density at radius 1 is 0.525 bits per heavy atom. The van der Waals surface area contributed by atoms with Crippen LogP contribution in [-0.4, -0.2) is 0 Å². The van der Waals surface area contributed by atoms with Crippen molar-refractivity contribution < 1.29 is 4.42 Å². The molecule has 0 aliphatic rings. The van der Waals surface area contributed by atoms with Crippen LogP contribution in [0, 0.1) is 6.92 Å². The maximum Gasteiger partial charge on any atom is 0.135 e. The molecule has 7 rings (SSSR count). The minimum Gasteiger partial charge on any atom is -0.456 e. The minimum atomic E-state index is 0.882. The highest BCUT2D eigenvalue weighted by Crippen LogP contribution is 2.42. The molecule has 0 bridgehead atoms. The molecule has 40 heavy (non-hydrogen) atoms. The van der Waals surface area contributed by atoms with E-state index in [0.717, 1.165) is 50.4 Å². The second kappa shape index (κ2) is 10.1. The van der Waals surface area contributed by atoms with Crippen molar-refractivity contribution in [3.63, 3.8) is 0 Å². The number of nitrogens with zero attached hydrogens (tertiary/aromatic N) is 1. The zero-order valence-corrected chi connectivity index (χ0v) is 22.2. The molecular weight excluding hydrogens is 488 g/mol. The lowest BCUT2D eigenvalue weighted by atomic mass is 10.0. The SMILES string of the molecule is Cc1c(N(c2ccccc2)c2ccc(-c3ccccc3)cc2)ccc2oc3ccc(Nc4ccccc4)cc3c12. The van der Waals surface area contributed by atoms with Gasteiger partial charge in [0, 0.05) is 39.2 Å². The maximum absolute atomic E-state index is 6.30. The third kappa shape index (κ3) is 4.38. The van der Waals surface area contributed by atoms with Gasteiger partial charge in [0.25, 0.3) is 0 Å². The van der Waals surface area contributed by atoms with E-state index in [1.807, 2.05) is 24.3 Å². The number of fused-ring (bicyclic) bond motifs is 3. The fraction of sp³-hybridized carbons (Fsp3) is 0.0270. The van der Waals surface area contributed by atoms with Gasteiger partial charge in [0.15, 0.2) is 0 Å². The van der Waals surface area contributed by atoms with E-state index in [1.165, 1.54) is 16.7 Å². The van der Waals surface area contributed by atoms with Crippen molar-refractivity contribution in [3.05, 3.63) is 151 Å². The highest BCUT2D eigenvalue weighted by atomic mass is 16.3. The summed E-state index contributed by atoms with van der Waals surface area (Å²) in [6.45, 7) is 2.19. The quantitative estimate of drug-likeness (QED) is 0.238. The maximum atomic E-state index is 6.30. The number of aryl methyl sites for hydroxylation is 1. The fourth-order valence-corrected chi connectivity index (χ4v) is 5.47. The summed E-state index contributed by atoms with van der Waals surface area (Å²) in [7, 11) is 0. The minimum absolute atomic E-state index is 0.882. The van der Waals surface area contributed by atoms with E-state index < -0.39 is 0 Å². The summed E-state index contributed by atoms with van der Waals surface area (Å²) < 4.78 is 6.30. The second-order valence-corrected chi connectivity index (χ2v) is 9.97. The first-order valence-electron chi connectivity index (χ1n) is 13.5. The summed E-state index contributed by atoms with van der Waals surface area (Å²) >= 11 is 0. The van der Waals surface area contributed by atoms with Crippen molar-refractivity contribution in [2.45, 2.75) is 6.92 Å². The molecule has 1 aromatic heterocycles. The monoisotopic (exact) mass is 516 g/mol. The molecule has 0 saturated carbocycles. The molecule has 0 aliphatic heterocycles. The number of hydrogen-bond donors (Lipinski definition) is 1. The van der Waals surface area contributed by atoms with Crippen LogP contribution in [0.2, 0.25) is 0 Å². The molecule has 0 spiro atoms. The molecule has 0 amide bonds. The van der Waals surface area contributed by atoms with Gasteiger partial charge in [0.1, 0.15) is 11.2 Å². The molecular formula is C37H28N2O. The Hall–Kier alpha value is -5.28. The molecule has 3 heteroatoms. The fourth-order valence-electron chi connectivity index (χ4n) is 5.47. The number of rotatable bonds is 6. The molecule has 0 radical (unpaired) electrons. The van der Waals surface area contributed by atoms with Crippen LogP contribution in [0.4, 0.5) is 28.4 Å². The van der Waals surface area contributed by atoms with Crippen LogP contribution in [0.5, 0.6) is 0 Å². The van der Waals surface area contributed by atoms with E-state index in [0.29, 0.717) is 0 Å². The van der Waals surface area contributed by atoms with Crippen molar-refractivity contribution >= 4 is 50.4 Å². The van der Waals surface area contributed by atoms with Crippen LogP contribution in [-0.2, 0) is 0 Å². The number of nitrogens with one attached hydrogen (secondary N) is 1. The standard InChI is InChI=1S/C37H28N2O/c1-26-34(22-24-36-37(26)33-25-30(19-23-35(33)40-36)38-29-13-7-3-8-14-29)39(31-15-9-4-10-16-31)32-20-17-28(18-21-32)27-11-5-2-6-12-27/h2-25,38H,1H3. The Bertz CT molecular complexity index is 1910. The lowest BCUT2D eigenvalue weighted by molar-refractivity contribution is 0.669. The average molecular weight is 517 g/mol. The van der Waals surface area contributed by atoms with E-state index >= 15 is 0 Å². The zero-order valence-electron chi connectivity index (χ0n) is 22.2. The summed E-state index contributed by atoms with van der Waals surface area (Å²) in [6.07, 6.45) is 0. The molecule has 1 heterocycles. The van der Waals surface area contributed by atoms with Crippen molar-refractivity contribution in [2.75, 3.05) is 10.2 Å². The topological polar surface area (TPSA) is 28.4 Å². The van der Waals surface area contributed by atoms with Crippen LogP contribution >= 0.6 is 0 Å². The second-order valence-electron chi connectivity index (χ2n) is 9.97. The first-order chi connectivity index (χ1) is 19.7. The van der Waals surface area contributed by atoms with Gasteiger partial charge < -0.3 is 14.6 Å². The first kappa shape index (κ1) is 23.8. The van der Waals surface area contributed by atoms with E-state index in [4.69, 9.17) is 4.42 Å². The lowest BCUT2D eigenvalue weighted by Gasteiger charge is -2.27. The Balaban J connectivity index is 1.36. The van der Waals surface area contributed by atoms with Crippen LogP contribution in [0.1, 0.15) is 5.56 Å². The zero-order chi connectivity index (χ0) is 26.9. The Kier molecular flexibility index (Phi) is 6.02. The summed E-state index contributed by atoms with van der Waals surface area (Å²) in [5.74, 6) is 0. The lowest BCUT2D eigenvalue weighted by Crippen LogP contribution is -2.11. The Morgan fingerprint density at radius 3 is 1.85 bits per heavy atom. The van der Waals surface area contributed by atoms with E-state index in [-0.39, 0.29) is 0 Å². The van der Waals surface area contributed by atoms with Crippen molar-refractivity contribution in [2.24, 2.45) is 0 Å². The normalized spacial score (nSPS) is 11.1. The van der Waals surface area contributed by atoms with Gasteiger partial charge in [-0.2, -0.15) is 0 Å². The number of benzene rings is 6. The predicted molar refractivity (Wildman–Crippen MR) is 168 cm³/mol. The van der Waals surface area contributed by atoms with E-state index in [2.05, 4.69) is 138 Å². The van der Waals surface area contributed by atoms with Gasteiger partial charge in [-0.1, -0.05) is 78.9 Å². The summed E-state index contributed by atoms with van der Waals surface area (Å²) in [5, 5.41) is 5.76.